The minimum absolute atomic E-state index is 0.168. The van der Waals surface area contributed by atoms with Crippen molar-refractivity contribution in [3.8, 4) is 0 Å². The Morgan fingerprint density at radius 1 is 1.18 bits per heavy atom. The zero-order valence-corrected chi connectivity index (χ0v) is 13.6. The molecule has 0 saturated heterocycles. The third-order valence-electron chi connectivity index (χ3n) is 2.74. The molecule has 0 saturated carbocycles. The third kappa shape index (κ3) is 5.00. The van der Waals surface area contributed by atoms with Crippen LogP contribution in [-0.2, 0) is 6.54 Å². The van der Waals surface area contributed by atoms with E-state index >= 15 is 0 Å². The van der Waals surface area contributed by atoms with Crippen molar-refractivity contribution in [2.75, 3.05) is 5.32 Å². The van der Waals surface area contributed by atoms with Crippen molar-refractivity contribution in [1.82, 2.24) is 15.3 Å². The van der Waals surface area contributed by atoms with Crippen LogP contribution in [-0.4, -0.2) is 21.4 Å². The van der Waals surface area contributed by atoms with Gasteiger partial charge in [0.15, 0.2) is 0 Å². The molecule has 0 radical (unpaired) electrons. The van der Waals surface area contributed by atoms with Gasteiger partial charge in [-0.15, -0.1) is 0 Å². The first-order chi connectivity index (χ1) is 10.3. The summed E-state index contributed by atoms with van der Waals surface area (Å²) in [6.07, 6.45) is 1.57. The van der Waals surface area contributed by atoms with Crippen molar-refractivity contribution < 1.29 is 4.79 Å². The molecule has 0 bridgehead atoms. The van der Waals surface area contributed by atoms with E-state index < -0.39 is 0 Å². The summed E-state index contributed by atoms with van der Waals surface area (Å²) in [6, 6.07) is 8.91. The Morgan fingerprint density at radius 2 is 1.86 bits per heavy atom. The van der Waals surface area contributed by atoms with Gasteiger partial charge in [0, 0.05) is 23.3 Å². The fourth-order valence-electron chi connectivity index (χ4n) is 1.76. The van der Waals surface area contributed by atoms with E-state index in [2.05, 4.69) is 20.6 Å². The average Bonchev–Trinajstić information content (AvgIpc) is 2.45. The van der Waals surface area contributed by atoms with Crippen LogP contribution in [0.25, 0.3) is 0 Å². The number of halogens is 1. The van der Waals surface area contributed by atoms with Gasteiger partial charge in [0.1, 0.15) is 5.69 Å². The monoisotopic (exact) mass is 318 g/mol. The first kappa shape index (κ1) is 16.2. The number of carbonyl (C=O) groups is 1. The van der Waals surface area contributed by atoms with Crippen LogP contribution < -0.4 is 10.6 Å². The first-order valence-electron chi connectivity index (χ1n) is 6.97. The highest BCUT2D eigenvalue weighted by atomic mass is 35.5. The molecule has 116 valence electrons. The number of hydrogen-bond acceptors (Lipinski definition) is 4. The van der Waals surface area contributed by atoms with Crippen LogP contribution in [0.3, 0.4) is 0 Å². The van der Waals surface area contributed by atoms with E-state index in [4.69, 9.17) is 11.6 Å². The molecule has 2 aromatic rings. The van der Waals surface area contributed by atoms with E-state index in [0.29, 0.717) is 23.2 Å². The van der Waals surface area contributed by atoms with Crippen LogP contribution in [0.15, 0.2) is 36.5 Å². The van der Waals surface area contributed by atoms with Crippen LogP contribution in [0.4, 0.5) is 5.95 Å². The summed E-state index contributed by atoms with van der Waals surface area (Å²) in [7, 11) is 0. The van der Waals surface area contributed by atoms with E-state index in [9.17, 15) is 4.79 Å². The largest absolute Gasteiger partial charge is 0.350 e. The van der Waals surface area contributed by atoms with Crippen molar-refractivity contribution in [1.29, 1.82) is 0 Å². The molecule has 0 aliphatic heterocycles. The number of rotatable bonds is 4. The maximum atomic E-state index is 12.1. The molecule has 2 rings (SSSR count). The van der Waals surface area contributed by atoms with Gasteiger partial charge in [-0.3, -0.25) is 4.79 Å². The summed E-state index contributed by atoms with van der Waals surface area (Å²) in [5.74, 6) is 0.195. The zero-order valence-electron chi connectivity index (χ0n) is 12.9. The lowest BCUT2D eigenvalue weighted by Gasteiger charge is -2.20. The smallest absolute Gasteiger partial charge is 0.270 e. The molecule has 0 fully saturated rings. The molecule has 0 aliphatic rings. The Bertz CT molecular complexity index is 650. The van der Waals surface area contributed by atoms with Crippen molar-refractivity contribution in [2.45, 2.75) is 32.9 Å². The lowest BCUT2D eigenvalue weighted by Crippen LogP contribution is -2.29. The number of benzene rings is 1. The lowest BCUT2D eigenvalue weighted by molar-refractivity contribution is 0.0946. The van der Waals surface area contributed by atoms with Gasteiger partial charge in [0.05, 0.1) is 0 Å². The van der Waals surface area contributed by atoms with Gasteiger partial charge >= 0.3 is 0 Å². The zero-order chi connectivity index (χ0) is 16.2. The van der Waals surface area contributed by atoms with Gasteiger partial charge < -0.3 is 10.6 Å². The Balaban J connectivity index is 2.00. The van der Waals surface area contributed by atoms with E-state index in [1.54, 1.807) is 24.4 Å². The van der Waals surface area contributed by atoms with E-state index in [1.165, 1.54) is 0 Å². The quantitative estimate of drug-likeness (QED) is 0.908. The van der Waals surface area contributed by atoms with Crippen LogP contribution in [0.2, 0.25) is 5.02 Å². The fourth-order valence-corrected chi connectivity index (χ4v) is 1.88. The van der Waals surface area contributed by atoms with Crippen molar-refractivity contribution >= 4 is 23.5 Å². The fraction of sp³-hybridized carbons (Fsp3) is 0.312. The van der Waals surface area contributed by atoms with Crippen molar-refractivity contribution in [3.63, 3.8) is 0 Å². The summed E-state index contributed by atoms with van der Waals surface area (Å²) >= 11 is 5.83. The molecule has 0 unspecified atom stereocenters. The molecular formula is C16H19ClN4O. The maximum Gasteiger partial charge on any atom is 0.270 e. The molecule has 0 aliphatic carbocycles. The second-order valence-electron chi connectivity index (χ2n) is 5.95. The average molecular weight is 319 g/mol. The Labute approximate surface area is 135 Å². The highest BCUT2D eigenvalue weighted by Gasteiger charge is 2.13. The van der Waals surface area contributed by atoms with Crippen LogP contribution >= 0.6 is 11.6 Å². The molecule has 1 aromatic heterocycles. The van der Waals surface area contributed by atoms with Crippen molar-refractivity contribution in [3.05, 3.63) is 52.8 Å². The SMILES string of the molecule is CC(C)(C)Nc1nccc(C(=O)NCc2ccc(Cl)cc2)n1. The van der Waals surface area contributed by atoms with Crippen LogP contribution in [0.1, 0.15) is 36.8 Å². The maximum absolute atomic E-state index is 12.1. The Morgan fingerprint density at radius 3 is 2.50 bits per heavy atom. The number of nitrogens with one attached hydrogen (secondary N) is 2. The molecule has 0 spiro atoms. The molecule has 1 amide bonds. The molecule has 0 atom stereocenters. The summed E-state index contributed by atoms with van der Waals surface area (Å²) in [5.41, 5.74) is 1.13. The summed E-state index contributed by atoms with van der Waals surface area (Å²) in [6.45, 7) is 6.43. The van der Waals surface area contributed by atoms with E-state index in [-0.39, 0.29) is 11.4 Å². The molecule has 2 N–H and O–H groups in total. The molecule has 1 aromatic carbocycles. The van der Waals surface area contributed by atoms with Gasteiger partial charge in [-0.1, -0.05) is 23.7 Å². The second kappa shape index (κ2) is 6.75. The molecule has 1 heterocycles. The van der Waals surface area contributed by atoms with Crippen LogP contribution in [0.5, 0.6) is 0 Å². The summed E-state index contributed by atoms with van der Waals surface area (Å²) in [4.78, 5) is 20.5. The number of anilines is 1. The Kier molecular flexibility index (Phi) is 4.98. The Hall–Kier alpha value is -2.14. The normalized spacial score (nSPS) is 11.1. The number of carbonyl (C=O) groups excluding carboxylic acids is 1. The highest BCUT2D eigenvalue weighted by Crippen LogP contribution is 2.11. The number of aromatic nitrogens is 2. The minimum Gasteiger partial charge on any atom is -0.350 e. The summed E-state index contributed by atoms with van der Waals surface area (Å²) < 4.78 is 0. The van der Waals surface area contributed by atoms with Gasteiger partial charge in [-0.05, 0) is 44.5 Å². The van der Waals surface area contributed by atoms with Gasteiger partial charge in [-0.2, -0.15) is 0 Å². The van der Waals surface area contributed by atoms with Gasteiger partial charge in [-0.25, -0.2) is 9.97 Å². The van der Waals surface area contributed by atoms with E-state index in [0.717, 1.165) is 5.56 Å². The first-order valence-corrected chi connectivity index (χ1v) is 7.35. The van der Waals surface area contributed by atoms with Crippen molar-refractivity contribution in [2.24, 2.45) is 0 Å². The second-order valence-corrected chi connectivity index (χ2v) is 6.39. The number of amides is 1. The van der Waals surface area contributed by atoms with E-state index in [1.807, 2.05) is 32.9 Å². The predicted octanol–water partition coefficient (Wildman–Crippen LogP) is 3.27. The van der Waals surface area contributed by atoms with Gasteiger partial charge in [0.25, 0.3) is 5.91 Å². The van der Waals surface area contributed by atoms with Gasteiger partial charge in [0.2, 0.25) is 5.95 Å². The summed E-state index contributed by atoms with van der Waals surface area (Å²) in [5, 5.41) is 6.63. The predicted molar refractivity (Wildman–Crippen MR) is 88.0 cm³/mol. The topological polar surface area (TPSA) is 66.9 Å². The number of nitrogens with zero attached hydrogens (tertiary/aromatic N) is 2. The molecular weight excluding hydrogens is 300 g/mol. The molecule has 5 nitrogen and oxygen atoms in total. The highest BCUT2D eigenvalue weighted by molar-refractivity contribution is 6.30. The minimum atomic E-state index is -0.241. The lowest BCUT2D eigenvalue weighted by atomic mass is 10.1. The number of hydrogen-bond donors (Lipinski definition) is 2. The molecule has 6 heteroatoms. The third-order valence-corrected chi connectivity index (χ3v) is 2.99. The van der Waals surface area contributed by atoms with Crippen LogP contribution in [0, 0.1) is 0 Å². The molecule has 22 heavy (non-hydrogen) atoms. The standard InChI is InChI=1S/C16H19ClN4O/c1-16(2,3)21-15-18-9-8-13(20-15)14(22)19-10-11-4-6-12(17)7-5-11/h4-9H,10H2,1-3H3,(H,19,22)(H,18,20,21).